The van der Waals surface area contributed by atoms with E-state index >= 15 is 0 Å². The van der Waals surface area contributed by atoms with Crippen molar-refractivity contribution in [1.29, 1.82) is 0 Å². The zero-order valence-corrected chi connectivity index (χ0v) is 13.0. The fraction of sp³-hybridized carbons (Fsp3) is 0.692. The second kappa shape index (κ2) is 4.98. The lowest BCUT2D eigenvalue weighted by molar-refractivity contribution is -0.0386. The first-order valence-corrected chi connectivity index (χ1v) is 7.66. The molecule has 1 aliphatic rings. The van der Waals surface area contributed by atoms with Crippen molar-refractivity contribution in [3.8, 4) is 0 Å². The minimum Gasteiger partial charge on any atom is -0.388 e. The third-order valence-electron chi connectivity index (χ3n) is 3.49. The fourth-order valence-electron chi connectivity index (χ4n) is 2.61. The second-order valence-electron chi connectivity index (χ2n) is 5.55. The zero-order chi connectivity index (χ0) is 14.4. The number of β-amino-alcohol motifs (C(OH)–C–C–N with tert-alkyl or cyclic N) is 1. The predicted molar refractivity (Wildman–Crippen MR) is 79.4 cm³/mol. The van der Waals surface area contributed by atoms with Crippen LogP contribution in [0.3, 0.4) is 0 Å². The maximum atomic E-state index is 10.1. The van der Waals surface area contributed by atoms with Crippen molar-refractivity contribution in [2.45, 2.75) is 39.1 Å². The van der Waals surface area contributed by atoms with Gasteiger partial charge in [-0.05, 0) is 20.8 Å². The molecule has 0 spiro atoms. The van der Waals surface area contributed by atoms with Crippen LogP contribution in [-0.2, 0) is 11.8 Å². The number of aryl methyl sites for hydroxylation is 2. The maximum absolute atomic E-state index is 10.1. The van der Waals surface area contributed by atoms with Crippen LogP contribution in [-0.4, -0.2) is 51.3 Å². The Labute approximate surface area is 122 Å². The van der Waals surface area contributed by atoms with Gasteiger partial charge in [0, 0.05) is 20.1 Å². The van der Waals surface area contributed by atoms with Crippen LogP contribution in [0.15, 0.2) is 0 Å². The van der Waals surface area contributed by atoms with E-state index in [2.05, 4.69) is 15.0 Å². The number of anilines is 1. The van der Waals surface area contributed by atoms with Crippen molar-refractivity contribution >= 4 is 26.8 Å². The summed E-state index contributed by atoms with van der Waals surface area (Å²) in [5.41, 5.74) is 1.91. The van der Waals surface area contributed by atoms with E-state index in [0.29, 0.717) is 13.1 Å². The smallest absolute Gasteiger partial charge is 0.188 e. The molecule has 110 valence electrons. The molecule has 2 atom stereocenters. The third kappa shape index (κ3) is 2.30. The largest absolute Gasteiger partial charge is 0.388 e. The molecule has 6 nitrogen and oxygen atoms in total. The molecule has 0 unspecified atom stereocenters. The molecule has 20 heavy (non-hydrogen) atoms. The van der Waals surface area contributed by atoms with E-state index in [0.717, 1.165) is 21.2 Å². The van der Waals surface area contributed by atoms with Crippen molar-refractivity contribution in [2.24, 2.45) is 7.05 Å². The molecular formula is C13H20N4O2S. The van der Waals surface area contributed by atoms with Crippen molar-refractivity contribution in [3.05, 3.63) is 5.69 Å². The van der Waals surface area contributed by atoms with Crippen LogP contribution in [0.2, 0.25) is 0 Å². The van der Waals surface area contributed by atoms with Crippen LogP contribution in [0, 0.1) is 6.92 Å². The van der Waals surface area contributed by atoms with E-state index in [1.54, 1.807) is 16.0 Å². The van der Waals surface area contributed by atoms with Crippen LogP contribution in [0.25, 0.3) is 10.3 Å². The average Bonchev–Trinajstić information content (AvgIpc) is 2.98. The molecule has 0 aromatic carbocycles. The summed E-state index contributed by atoms with van der Waals surface area (Å²) in [5, 5.41) is 15.4. The van der Waals surface area contributed by atoms with Crippen molar-refractivity contribution in [3.63, 3.8) is 0 Å². The number of thiazole rings is 1. The van der Waals surface area contributed by atoms with Crippen LogP contribution >= 0.6 is 11.3 Å². The minimum absolute atomic E-state index is 0.122. The van der Waals surface area contributed by atoms with Crippen molar-refractivity contribution < 1.29 is 9.84 Å². The molecule has 1 fully saturated rings. The Kier molecular flexibility index (Phi) is 3.43. The molecular weight excluding hydrogens is 276 g/mol. The Morgan fingerprint density at radius 2 is 2.15 bits per heavy atom. The fourth-order valence-corrected chi connectivity index (χ4v) is 3.66. The quantitative estimate of drug-likeness (QED) is 0.925. The van der Waals surface area contributed by atoms with Gasteiger partial charge in [0.2, 0.25) is 0 Å². The number of hydrogen-bond donors (Lipinski definition) is 1. The highest BCUT2D eigenvalue weighted by molar-refractivity contribution is 7.22. The minimum atomic E-state index is -0.455. The molecule has 0 saturated carbocycles. The maximum Gasteiger partial charge on any atom is 0.188 e. The topological polar surface area (TPSA) is 63.4 Å². The first kappa shape index (κ1) is 13.8. The van der Waals surface area contributed by atoms with E-state index in [1.165, 1.54) is 0 Å². The highest BCUT2D eigenvalue weighted by Crippen LogP contribution is 2.33. The molecule has 0 amide bonds. The molecule has 0 bridgehead atoms. The second-order valence-corrected chi connectivity index (χ2v) is 6.53. The van der Waals surface area contributed by atoms with Crippen LogP contribution in [0.1, 0.15) is 19.5 Å². The molecule has 3 heterocycles. The van der Waals surface area contributed by atoms with Crippen LogP contribution in [0.4, 0.5) is 5.13 Å². The van der Waals surface area contributed by atoms with Crippen LogP contribution < -0.4 is 4.90 Å². The lowest BCUT2D eigenvalue weighted by Gasteiger charge is -2.17. The Balaban J connectivity index is 1.83. The lowest BCUT2D eigenvalue weighted by atomic mass is 10.2. The van der Waals surface area contributed by atoms with Gasteiger partial charge in [-0.25, -0.2) is 9.67 Å². The Morgan fingerprint density at radius 3 is 2.80 bits per heavy atom. The van der Waals surface area contributed by atoms with Gasteiger partial charge < -0.3 is 14.7 Å². The number of hydrogen-bond acceptors (Lipinski definition) is 6. The first-order chi connectivity index (χ1) is 9.45. The number of aliphatic hydroxyl groups is 1. The van der Waals surface area contributed by atoms with Gasteiger partial charge in [0.25, 0.3) is 0 Å². The Hall–Kier alpha value is -1.18. The van der Waals surface area contributed by atoms with Gasteiger partial charge in [-0.1, -0.05) is 11.3 Å². The molecule has 2 aromatic rings. The summed E-state index contributed by atoms with van der Waals surface area (Å²) in [6.45, 7) is 7.23. The highest BCUT2D eigenvalue weighted by atomic mass is 32.1. The lowest BCUT2D eigenvalue weighted by Crippen LogP contribution is -2.29. The molecule has 1 N–H and O–H groups in total. The van der Waals surface area contributed by atoms with Gasteiger partial charge in [0.1, 0.15) is 6.10 Å². The predicted octanol–water partition coefficient (Wildman–Crippen LogP) is 1.31. The SMILES string of the molecule is Cc1nn(C)c2nc(N3C[C@@H](O)[C@H](OC(C)C)C3)sc12. The van der Waals surface area contributed by atoms with E-state index in [4.69, 9.17) is 4.74 Å². The zero-order valence-electron chi connectivity index (χ0n) is 12.2. The Morgan fingerprint density at radius 1 is 1.40 bits per heavy atom. The summed E-state index contributed by atoms with van der Waals surface area (Å²) in [6, 6.07) is 0. The normalized spacial score (nSPS) is 23.4. The van der Waals surface area contributed by atoms with Crippen LogP contribution in [0.5, 0.6) is 0 Å². The van der Waals surface area contributed by atoms with E-state index in [-0.39, 0.29) is 12.2 Å². The number of rotatable bonds is 3. The summed E-state index contributed by atoms with van der Waals surface area (Å²) >= 11 is 1.63. The average molecular weight is 296 g/mol. The number of aliphatic hydroxyl groups excluding tert-OH is 1. The third-order valence-corrected chi connectivity index (χ3v) is 4.70. The molecule has 0 radical (unpaired) electrons. The number of ether oxygens (including phenoxy) is 1. The number of fused-ring (bicyclic) bond motifs is 1. The van der Waals surface area contributed by atoms with Gasteiger partial charge >= 0.3 is 0 Å². The molecule has 1 aliphatic heterocycles. The highest BCUT2D eigenvalue weighted by Gasteiger charge is 2.34. The van der Waals surface area contributed by atoms with Gasteiger partial charge in [-0.15, -0.1) is 0 Å². The summed E-state index contributed by atoms with van der Waals surface area (Å²) in [7, 11) is 1.91. The van der Waals surface area contributed by atoms with E-state index < -0.39 is 6.10 Å². The molecule has 3 rings (SSSR count). The van der Waals surface area contributed by atoms with E-state index in [1.807, 2.05) is 27.8 Å². The van der Waals surface area contributed by atoms with Crippen molar-refractivity contribution in [2.75, 3.05) is 18.0 Å². The van der Waals surface area contributed by atoms with Gasteiger partial charge in [-0.3, -0.25) is 0 Å². The van der Waals surface area contributed by atoms with Gasteiger partial charge in [-0.2, -0.15) is 5.10 Å². The van der Waals surface area contributed by atoms with Crippen molar-refractivity contribution in [1.82, 2.24) is 14.8 Å². The summed E-state index contributed by atoms with van der Waals surface area (Å²) in [6.07, 6.45) is -0.471. The number of nitrogens with zero attached hydrogens (tertiary/aromatic N) is 4. The Bertz CT molecular complexity index is 587. The molecule has 7 heteroatoms. The molecule has 1 saturated heterocycles. The van der Waals surface area contributed by atoms with Gasteiger partial charge in [0.15, 0.2) is 10.8 Å². The summed E-state index contributed by atoms with van der Waals surface area (Å²) < 4.78 is 8.67. The van der Waals surface area contributed by atoms with Gasteiger partial charge in [0.05, 0.1) is 22.6 Å². The molecule has 2 aromatic heterocycles. The monoisotopic (exact) mass is 296 g/mol. The first-order valence-electron chi connectivity index (χ1n) is 6.84. The summed E-state index contributed by atoms with van der Waals surface area (Å²) in [4.78, 5) is 6.74. The van der Waals surface area contributed by atoms with E-state index in [9.17, 15) is 5.11 Å². The number of aromatic nitrogens is 3. The summed E-state index contributed by atoms with van der Waals surface area (Å²) in [5.74, 6) is 0. The molecule has 0 aliphatic carbocycles. The standard InChI is InChI=1S/C13H20N4O2S/c1-7(2)19-10-6-17(5-9(10)18)13-14-12-11(20-13)8(3)15-16(12)4/h7,9-10,18H,5-6H2,1-4H3/t9-,10-/m1/s1.